The van der Waals surface area contributed by atoms with Crippen molar-refractivity contribution in [3.8, 4) is 11.3 Å². The van der Waals surface area contributed by atoms with E-state index >= 15 is 0 Å². The van der Waals surface area contributed by atoms with Crippen molar-refractivity contribution in [3.63, 3.8) is 0 Å². The Hall–Kier alpha value is -2.82. The number of benzene rings is 1. The first-order valence-corrected chi connectivity index (χ1v) is 7.28. The van der Waals surface area contributed by atoms with Gasteiger partial charge in [0.05, 0.1) is 6.54 Å². The zero-order valence-electron chi connectivity index (χ0n) is 12.0. The average molecular weight is 293 g/mol. The fourth-order valence-electron chi connectivity index (χ4n) is 2.84. The van der Waals surface area contributed by atoms with Gasteiger partial charge in [-0.3, -0.25) is 4.79 Å². The number of hydrogen-bond acceptors (Lipinski definition) is 3. The van der Waals surface area contributed by atoms with Crippen molar-refractivity contribution >= 4 is 5.91 Å². The minimum atomic E-state index is 0.0101. The highest BCUT2D eigenvalue weighted by atomic mass is 16.5. The van der Waals surface area contributed by atoms with E-state index in [0.29, 0.717) is 25.2 Å². The maximum absolute atomic E-state index is 12.5. The molecule has 0 unspecified atom stereocenters. The van der Waals surface area contributed by atoms with E-state index in [-0.39, 0.29) is 5.91 Å². The minimum absolute atomic E-state index is 0.0101. The SMILES string of the molecule is O=C(c1ccc[nH]1)N1CCc2onc(-c3ccccc3)c2C1. The van der Waals surface area contributed by atoms with Crippen molar-refractivity contribution in [2.75, 3.05) is 6.54 Å². The number of carbonyl (C=O) groups is 1. The Labute approximate surface area is 127 Å². The van der Waals surface area contributed by atoms with Gasteiger partial charge in [0.1, 0.15) is 17.1 Å². The number of fused-ring (bicyclic) bond motifs is 1. The van der Waals surface area contributed by atoms with Crippen molar-refractivity contribution < 1.29 is 9.32 Å². The predicted molar refractivity (Wildman–Crippen MR) is 81.2 cm³/mol. The van der Waals surface area contributed by atoms with Gasteiger partial charge in [-0.05, 0) is 12.1 Å². The summed E-state index contributed by atoms with van der Waals surface area (Å²) >= 11 is 0. The van der Waals surface area contributed by atoms with Gasteiger partial charge in [0, 0.05) is 30.3 Å². The van der Waals surface area contributed by atoms with Crippen molar-refractivity contribution in [2.45, 2.75) is 13.0 Å². The number of hydrogen-bond donors (Lipinski definition) is 1. The predicted octanol–water partition coefficient (Wildman–Crippen LogP) is 2.87. The summed E-state index contributed by atoms with van der Waals surface area (Å²) in [6, 6.07) is 13.5. The lowest BCUT2D eigenvalue weighted by atomic mass is 10.0. The summed E-state index contributed by atoms with van der Waals surface area (Å²) < 4.78 is 5.46. The van der Waals surface area contributed by atoms with Gasteiger partial charge in [-0.25, -0.2) is 0 Å². The van der Waals surface area contributed by atoms with Gasteiger partial charge in [-0.15, -0.1) is 0 Å². The molecule has 0 saturated carbocycles. The monoisotopic (exact) mass is 293 g/mol. The lowest BCUT2D eigenvalue weighted by Crippen LogP contribution is -2.35. The maximum Gasteiger partial charge on any atom is 0.270 e. The van der Waals surface area contributed by atoms with E-state index < -0.39 is 0 Å². The molecule has 1 aliphatic rings. The summed E-state index contributed by atoms with van der Waals surface area (Å²) in [6.45, 7) is 1.18. The number of aromatic nitrogens is 2. The first kappa shape index (κ1) is 12.9. The zero-order valence-corrected chi connectivity index (χ0v) is 12.0. The third kappa shape index (κ3) is 2.11. The van der Waals surface area contributed by atoms with Gasteiger partial charge in [0.25, 0.3) is 5.91 Å². The topological polar surface area (TPSA) is 62.1 Å². The Morgan fingerprint density at radius 1 is 1.18 bits per heavy atom. The molecule has 0 spiro atoms. The van der Waals surface area contributed by atoms with Crippen LogP contribution in [0.5, 0.6) is 0 Å². The quantitative estimate of drug-likeness (QED) is 0.790. The molecule has 0 atom stereocenters. The van der Waals surface area contributed by atoms with Crippen LogP contribution in [0.1, 0.15) is 21.8 Å². The van der Waals surface area contributed by atoms with Gasteiger partial charge >= 0.3 is 0 Å². The number of amides is 1. The molecule has 1 N–H and O–H groups in total. The zero-order chi connectivity index (χ0) is 14.9. The molecule has 0 saturated heterocycles. The van der Waals surface area contributed by atoms with Crippen molar-refractivity contribution in [2.24, 2.45) is 0 Å². The Morgan fingerprint density at radius 3 is 2.82 bits per heavy atom. The molecule has 1 amide bonds. The number of nitrogens with one attached hydrogen (secondary N) is 1. The van der Waals surface area contributed by atoms with E-state index in [1.165, 1.54) is 0 Å². The van der Waals surface area contributed by atoms with E-state index in [1.807, 2.05) is 41.3 Å². The van der Waals surface area contributed by atoms with Gasteiger partial charge in [0.15, 0.2) is 0 Å². The molecular formula is C17H15N3O2. The molecule has 0 bridgehead atoms. The summed E-state index contributed by atoms with van der Waals surface area (Å²) in [6.07, 6.45) is 2.46. The smallest absolute Gasteiger partial charge is 0.270 e. The fraction of sp³-hybridized carbons (Fsp3) is 0.176. The molecule has 3 aromatic rings. The van der Waals surface area contributed by atoms with Crippen molar-refractivity contribution in [3.05, 3.63) is 65.7 Å². The summed E-state index contributed by atoms with van der Waals surface area (Å²) in [5.74, 6) is 0.894. The number of aromatic amines is 1. The first-order valence-electron chi connectivity index (χ1n) is 7.28. The maximum atomic E-state index is 12.5. The molecule has 4 rings (SSSR count). The summed E-state index contributed by atoms with van der Waals surface area (Å²) in [7, 11) is 0. The van der Waals surface area contributed by atoms with Crippen LogP contribution in [0, 0.1) is 0 Å². The minimum Gasteiger partial charge on any atom is -0.360 e. The van der Waals surface area contributed by atoms with E-state index in [4.69, 9.17) is 4.52 Å². The van der Waals surface area contributed by atoms with Crippen LogP contribution < -0.4 is 0 Å². The summed E-state index contributed by atoms with van der Waals surface area (Å²) in [5, 5.41) is 4.20. The second-order valence-electron chi connectivity index (χ2n) is 5.36. The van der Waals surface area contributed by atoms with Crippen LogP contribution in [0.15, 0.2) is 53.2 Å². The second-order valence-corrected chi connectivity index (χ2v) is 5.36. The van der Waals surface area contributed by atoms with E-state index in [9.17, 15) is 4.79 Å². The molecule has 2 aromatic heterocycles. The summed E-state index contributed by atoms with van der Waals surface area (Å²) in [5.41, 5.74) is 3.47. The van der Waals surface area contributed by atoms with Crippen LogP contribution in [-0.2, 0) is 13.0 Å². The molecule has 1 aromatic carbocycles. The Balaban J connectivity index is 1.66. The molecule has 0 fully saturated rings. The second kappa shape index (κ2) is 5.18. The van der Waals surface area contributed by atoms with Crippen LogP contribution in [-0.4, -0.2) is 27.5 Å². The Morgan fingerprint density at radius 2 is 2.05 bits per heavy atom. The standard InChI is InChI=1S/C17H15N3O2/c21-17(14-7-4-9-18-14)20-10-8-15-13(11-20)16(19-22-15)12-5-2-1-3-6-12/h1-7,9,18H,8,10-11H2. The normalized spacial score (nSPS) is 13.9. The number of rotatable bonds is 2. The van der Waals surface area contributed by atoms with E-state index in [1.54, 1.807) is 12.3 Å². The number of nitrogens with zero attached hydrogens (tertiary/aromatic N) is 2. The number of H-pyrrole nitrogens is 1. The molecule has 1 aliphatic heterocycles. The van der Waals surface area contributed by atoms with Crippen LogP contribution in [0.4, 0.5) is 0 Å². The highest BCUT2D eigenvalue weighted by molar-refractivity contribution is 5.92. The Bertz CT molecular complexity index is 791. The van der Waals surface area contributed by atoms with Crippen LogP contribution in [0.25, 0.3) is 11.3 Å². The van der Waals surface area contributed by atoms with Gasteiger partial charge in [0.2, 0.25) is 0 Å². The van der Waals surface area contributed by atoms with Crippen molar-refractivity contribution in [1.29, 1.82) is 0 Å². The molecule has 0 aliphatic carbocycles. The van der Waals surface area contributed by atoms with E-state index in [2.05, 4.69) is 10.1 Å². The van der Waals surface area contributed by atoms with E-state index in [0.717, 1.165) is 22.6 Å². The first-order chi connectivity index (χ1) is 10.8. The fourth-order valence-corrected chi connectivity index (χ4v) is 2.84. The molecular weight excluding hydrogens is 278 g/mol. The third-order valence-electron chi connectivity index (χ3n) is 3.99. The average Bonchev–Trinajstić information content (AvgIpc) is 3.24. The molecule has 5 nitrogen and oxygen atoms in total. The van der Waals surface area contributed by atoms with Gasteiger partial charge < -0.3 is 14.4 Å². The largest absolute Gasteiger partial charge is 0.360 e. The lowest BCUT2D eigenvalue weighted by molar-refractivity contribution is 0.0724. The van der Waals surface area contributed by atoms with Gasteiger partial charge in [-0.1, -0.05) is 35.5 Å². The molecule has 5 heteroatoms. The molecule has 0 radical (unpaired) electrons. The van der Waals surface area contributed by atoms with Crippen LogP contribution >= 0.6 is 0 Å². The lowest BCUT2D eigenvalue weighted by Gasteiger charge is -2.25. The highest BCUT2D eigenvalue weighted by Gasteiger charge is 2.28. The molecule has 22 heavy (non-hydrogen) atoms. The number of carbonyl (C=O) groups excluding carboxylic acids is 1. The third-order valence-corrected chi connectivity index (χ3v) is 3.99. The van der Waals surface area contributed by atoms with Crippen LogP contribution in [0.2, 0.25) is 0 Å². The van der Waals surface area contributed by atoms with Gasteiger partial charge in [-0.2, -0.15) is 0 Å². The Kier molecular flexibility index (Phi) is 3.04. The highest BCUT2D eigenvalue weighted by Crippen LogP contribution is 2.30. The van der Waals surface area contributed by atoms with Crippen LogP contribution in [0.3, 0.4) is 0 Å². The van der Waals surface area contributed by atoms with Crippen molar-refractivity contribution in [1.82, 2.24) is 15.0 Å². The molecule has 3 heterocycles. The summed E-state index contributed by atoms with van der Waals surface area (Å²) in [4.78, 5) is 17.3. The molecule has 110 valence electrons.